The second-order valence-electron chi connectivity index (χ2n) is 12.6. The van der Waals surface area contributed by atoms with Crippen LogP contribution < -0.4 is 4.74 Å². The van der Waals surface area contributed by atoms with Crippen molar-refractivity contribution < 1.29 is 9.84 Å². The standard InChI is InChI=1S/C44H32N4O2/c1-44(49)42-40(30-18-10-4-11-19-30)36-26-24-34(46-36)38(28-14-6-2-7-15-28)32-22-23-33(45-32)39(29-16-8-3-9-17-29)35-25-27-37(47-35)41(43(48-42)50-44)31-20-12-5-13-21-31/h2-27,46-47,49H,1H3. The Morgan fingerprint density at radius 2 is 0.820 bits per heavy atom. The number of ether oxygens (including phenoxy) is 1. The molecule has 3 N–H and O–H groups in total. The first-order chi connectivity index (χ1) is 24.5. The SMILES string of the molecule is CC1(O)Oc2nc1c(-c1ccccc1)c1ccc([nH]1)c(-c1ccccc1)c1nc(c(-c3ccccc3)c3ccc([nH]3)c2-c2ccccc2)C=C1. The van der Waals surface area contributed by atoms with Gasteiger partial charge < -0.3 is 19.8 Å². The van der Waals surface area contributed by atoms with Crippen LogP contribution in [0, 0.1) is 0 Å². The van der Waals surface area contributed by atoms with Gasteiger partial charge >= 0.3 is 0 Å². The fourth-order valence-electron chi connectivity index (χ4n) is 6.99. The molecule has 50 heavy (non-hydrogen) atoms. The maximum absolute atomic E-state index is 12.1. The van der Waals surface area contributed by atoms with Gasteiger partial charge in [-0.25, -0.2) is 9.97 Å². The van der Waals surface area contributed by atoms with Crippen LogP contribution in [0.15, 0.2) is 146 Å². The van der Waals surface area contributed by atoms with Crippen LogP contribution in [0.5, 0.6) is 5.88 Å². The van der Waals surface area contributed by atoms with Crippen LogP contribution in [-0.2, 0) is 5.79 Å². The summed E-state index contributed by atoms with van der Waals surface area (Å²) < 4.78 is 6.45. The Morgan fingerprint density at radius 1 is 0.460 bits per heavy atom. The predicted octanol–water partition coefficient (Wildman–Crippen LogP) is 10.4. The van der Waals surface area contributed by atoms with E-state index in [0.717, 1.165) is 78.0 Å². The lowest BCUT2D eigenvalue weighted by Gasteiger charge is -2.19. The summed E-state index contributed by atoms with van der Waals surface area (Å²) in [5, 5.41) is 12.1. The smallest absolute Gasteiger partial charge is 0.251 e. The first-order valence-corrected chi connectivity index (χ1v) is 16.7. The zero-order chi connectivity index (χ0) is 33.7. The van der Waals surface area contributed by atoms with E-state index in [2.05, 4.69) is 58.5 Å². The molecule has 6 nitrogen and oxygen atoms in total. The number of aromatic nitrogens is 4. The number of nitrogens with one attached hydrogen (secondary N) is 2. The third-order valence-electron chi connectivity index (χ3n) is 9.25. The summed E-state index contributed by atoms with van der Waals surface area (Å²) in [6.07, 6.45) is 4.18. The molecule has 240 valence electrons. The summed E-state index contributed by atoms with van der Waals surface area (Å²) in [5.41, 5.74) is 12.7. The minimum Gasteiger partial charge on any atom is -0.439 e. The lowest BCUT2D eigenvalue weighted by molar-refractivity contribution is -0.118. The molecule has 0 radical (unpaired) electrons. The second kappa shape index (κ2) is 11.9. The first-order valence-electron chi connectivity index (χ1n) is 16.7. The Labute approximate surface area is 289 Å². The van der Waals surface area contributed by atoms with Crippen molar-refractivity contribution in [2.75, 3.05) is 0 Å². The van der Waals surface area contributed by atoms with Gasteiger partial charge in [0.2, 0.25) is 5.88 Å². The van der Waals surface area contributed by atoms with Gasteiger partial charge in [0.25, 0.3) is 5.79 Å². The molecule has 0 fully saturated rings. The average molecular weight is 649 g/mol. The van der Waals surface area contributed by atoms with E-state index >= 15 is 0 Å². The van der Waals surface area contributed by atoms with Gasteiger partial charge in [-0.05, 0) is 58.7 Å². The summed E-state index contributed by atoms with van der Waals surface area (Å²) in [7, 11) is 0. The Kier molecular flexibility index (Phi) is 7.04. The molecule has 7 aromatic rings. The van der Waals surface area contributed by atoms with Gasteiger partial charge in [0.05, 0.1) is 22.5 Å². The van der Waals surface area contributed by atoms with Crippen molar-refractivity contribution in [1.29, 1.82) is 0 Å². The first kappa shape index (κ1) is 29.6. The molecule has 0 spiro atoms. The number of aliphatic hydroxyl groups is 1. The Bertz CT molecular complexity index is 2570. The fraction of sp³-hybridized carbons (Fsp3) is 0.0455. The molecule has 0 saturated heterocycles. The zero-order valence-corrected chi connectivity index (χ0v) is 27.3. The van der Waals surface area contributed by atoms with Crippen molar-refractivity contribution in [3.05, 3.63) is 163 Å². The van der Waals surface area contributed by atoms with Crippen LogP contribution in [-0.4, -0.2) is 25.0 Å². The van der Waals surface area contributed by atoms with E-state index in [1.165, 1.54) is 0 Å². The van der Waals surface area contributed by atoms with E-state index in [1.54, 1.807) is 6.92 Å². The highest BCUT2D eigenvalue weighted by molar-refractivity contribution is 5.97. The van der Waals surface area contributed by atoms with Crippen molar-refractivity contribution in [2.45, 2.75) is 12.7 Å². The highest BCUT2D eigenvalue weighted by Gasteiger charge is 2.38. The molecular formula is C44H32N4O2. The van der Waals surface area contributed by atoms with Gasteiger partial charge in [0.1, 0.15) is 5.69 Å². The molecule has 3 aromatic heterocycles. The van der Waals surface area contributed by atoms with Gasteiger partial charge in [-0.2, -0.15) is 0 Å². The van der Waals surface area contributed by atoms with Crippen LogP contribution in [0.1, 0.15) is 24.0 Å². The Balaban J connectivity index is 1.51. The summed E-state index contributed by atoms with van der Waals surface area (Å²) in [5.74, 6) is -1.41. The van der Waals surface area contributed by atoms with Crippen LogP contribution in [0.25, 0.3) is 78.7 Å². The minimum absolute atomic E-state index is 0.323. The van der Waals surface area contributed by atoms with E-state index in [-0.39, 0.29) is 0 Å². The molecule has 2 aliphatic heterocycles. The van der Waals surface area contributed by atoms with Gasteiger partial charge in [0.15, 0.2) is 0 Å². The number of aromatic amines is 2. The van der Waals surface area contributed by atoms with E-state index in [4.69, 9.17) is 14.7 Å². The van der Waals surface area contributed by atoms with Crippen molar-refractivity contribution in [3.8, 4) is 50.4 Å². The second-order valence-corrected chi connectivity index (χ2v) is 12.6. The highest BCUT2D eigenvalue weighted by Crippen LogP contribution is 2.44. The van der Waals surface area contributed by atoms with Gasteiger partial charge in [-0.1, -0.05) is 121 Å². The minimum atomic E-state index is -1.73. The lowest BCUT2D eigenvalue weighted by atomic mass is 10.0. The predicted molar refractivity (Wildman–Crippen MR) is 202 cm³/mol. The molecule has 2 aliphatic rings. The zero-order valence-electron chi connectivity index (χ0n) is 27.3. The summed E-state index contributed by atoms with van der Waals surface area (Å²) in [6, 6.07) is 48.9. The van der Waals surface area contributed by atoms with E-state index < -0.39 is 5.79 Å². The maximum Gasteiger partial charge on any atom is 0.251 e. The Hall–Kier alpha value is -6.50. The molecular weight excluding hydrogens is 617 g/mol. The van der Waals surface area contributed by atoms with Crippen LogP contribution in [0.2, 0.25) is 0 Å². The van der Waals surface area contributed by atoms with Crippen LogP contribution in [0.4, 0.5) is 0 Å². The number of hydrogen-bond acceptors (Lipinski definition) is 4. The molecule has 5 heterocycles. The maximum atomic E-state index is 12.1. The molecule has 1 unspecified atom stereocenters. The normalized spacial score (nSPS) is 15.2. The van der Waals surface area contributed by atoms with Crippen molar-refractivity contribution in [3.63, 3.8) is 0 Å². The Morgan fingerprint density at radius 3 is 1.26 bits per heavy atom. The topological polar surface area (TPSA) is 86.8 Å². The van der Waals surface area contributed by atoms with Crippen LogP contribution >= 0.6 is 0 Å². The highest BCUT2D eigenvalue weighted by atomic mass is 16.6. The molecule has 4 aromatic carbocycles. The number of rotatable bonds is 4. The molecule has 0 saturated carbocycles. The lowest BCUT2D eigenvalue weighted by Crippen LogP contribution is -2.25. The monoisotopic (exact) mass is 648 g/mol. The molecule has 9 rings (SSSR count). The molecule has 0 amide bonds. The van der Waals surface area contributed by atoms with Crippen LogP contribution in [0.3, 0.4) is 0 Å². The molecule has 1 atom stereocenters. The average Bonchev–Trinajstić information content (AvgIpc) is 3.97. The van der Waals surface area contributed by atoms with Gasteiger partial charge in [0, 0.05) is 40.2 Å². The van der Waals surface area contributed by atoms with Crippen molar-refractivity contribution >= 4 is 34.2 Å². The third kappa shape index (κ3) is 5.10. The third-order valence-corrected chi connectivity index (χ3v) is 9.25. The number of H-pyrrole nitrogens is 2. The molecule has 6 heteroatoms. The summed E-state index contributed by atoms with van der Waals surface area (Å²) >= 11 is 0. The van der Waals surface area contributed by atoms with E-state index in [1.807, 2.05) is 109 Å². The largest absolute Gasteiger partial charge is 0.439 e. The van der Waals surface area contributed by atoms with E-state index in [9.17, 15) is 5.11 Å². The number of hydrogen-bond donors (Lipinski definition) is 3. The molecule has 8 bridgehead atoms. The molecule has 0 aliphatic carbocycles. The summed E-state index contributed by atoms with van der Waals surface area (Å²) in [4.78, 5) is 17.9. The van der Waals surface area contributed by atoms with E-state index in [0.29, 0.717) is 11.6 Å². The van der Waals surface area contributed by atoms with Crippen molar-refractivity contribution in [1.82, 2.24) is 19.9 Å². The summed E-state index contributed by atoms with van der Waals surface area (Å²) in [6.45, 7) is 1.65. The number of nitrogens with zero attached hydrogens (tertiary/aromatic N) is 2. The van der Waals surface area contributed by atoms with Gasteiger partial charge in [-0.15, -0.1) is 0 Å². The van der Waals surface area contributed by atoms with Gasteiger partial charge in [-0.3, -0.25) is 0 Å². The number of fused-ring (bicyclic) bond motifs is 8. The number of benzene rings is 4. The fourth-order valence-corrected chi connectivity index (χ4v) is 6.99. The quantitative estimate of drug-likeness (QED) is 0.177. The van der Waals surface area contributed by atoms with Crippen molar-refractivity contribution in [2.24, 2.45) is 0 Å².